The highest BCUT2D eigenvalue weighted by Gasteiger charge is 2.23. The van der Waals surface area contributed by atoms with Crippen LogP contribution in [0.1, 0.15) is 16.8 Å². The van der Waals surface area contributed by atoms with E-state index in [1.165, 1.54) is 11.8 Å². The van der Waals surface area contributed by atoms with E-state index in [1.54, 1.807) is 0 Å². The van der Waals surface area contributed by atoms with Gasteiger partial charge in [0.25, 0.3) is 5.56 Å². The van der Waals surface area contributed by atoms with Crippen molar-refractivity contribution < 1.29 is 9.47 Å². The van der Waals surface area contributed by atoms with Gasteiger partial charge in [-0.05, 0) is 18.4 Å². The Bertz CT molecular complexity index is 1150. The maximum Gasteiger partial charge on any atom is 0.256 e. The fourth-order valence-corrected chi connectivity index (χ4v) is 4.23. The third-order valence-corrected chi connectivity index (χ3v) is 5.96. The van der Waals surface area contributed by atoms with E-state index in [0.29, 0.717) is 29.1 Å². The van der Waals surface area contributed by atoms with Gasteiger partial charge in [-0.1, -0.05) is 23.4 Å². The van der Waals surface area contributed by atoms with Crippen molar-refractivity contribution in [3.63, 3.8) is 0 Å². The summed E-state index contributed by atoms with van der Waals surface area (Å²) in [7, 11) is 0. The lowest BCUT2D eigenvalue weighted by molar-refractivity contribution is 0.174. The van der Waals surface area contributed by atoms with Crippen LogP contribution in [0.2, 0.25) is 5.15 Å². The fourth-order valence-electron chi connectivity index (χ4n) is 3.63. The van der Waals surface area contributed by atoms with Crippen molar-refractivity contribution in [2.45, 2.75) is 24.7 Å². The molecule has 0 unspecified atom stereocenters. The summed E-state index contributed by atoms with van der Waals surface area (Å²) in [6.07, 6.45) is 2.64. The van der Waals surface area contributed by atoms with E-state index in [-0.39, 0.29) is 12.4 Å². The van der Waals surface area contributed by atoms with Gasteiger partial charge >= 0.3 is 0 Å². The first-order chi connectivity index (χ1) is 13.6. The third kappa shape index (κ3) is 3.11. The van der Waals surface area contributed by atoms with Crippen LogP contribution in [0.3, 0.4) is 0 Å². The number of pyridine rings is 1. The van der Waals surface area contributed by atoms with Gasteiger partial charge in [-0.25, -0.2) is 9.97 Å². The number of thioether (sulfide) groups is 1. The summed E-state index contributed by atoms with van der Waals surface area (Å²) in [6.45, 7) is 2.19. The highest BCUT2D eigenvalue weighted by Crippen LogP contribution is 2.36. The lowest BCUT2D eigenvalue weighted by atomic mass is 10.1. The number of nitrogens with zero attached hydrogens (tertiary/aromatic N) is 3. The molecule has 0 spiro atoms. The second-order valence-corrected chi connectivity index (χ2v) is 7.95. The first kappa shape index (κ1) is 17.8. The topological polar surface area (TPSA) is 80.3 Å². The molecule has 0 bridgehead atoms. The smallest absolute Gasteiger partial charge is 0.256 e. The molecule has 0 atom stereocenters. The van der Waals surface area contributed by atoms with Crippen LogP contribution in [0.5, 0.6) is 11.5 Å². The molecular weight excluding hydrogens is 400 g/mol. The van der Waals surface area contributed by atoms with Crippen molar-refractivity contribution in [1.82, 2.24) is 19.9 Å². The number of aromatic amines is 1. The number of aromatic nitrogens is 3. The van der Waals surface area contributed by atoms with Gasteiger partial charge in [0, 0.05) is 43.1 Å². The van der Waals surface area contributed by atoms with Gasteiger partial charge in [-0.15, -0.1) is 0 Å². The Hall–Kier alpha value is -2.29. The van der Waals surface area contributed by atoms with Crippen molar-refractivity contribution in [2.24, 2.45) is 0 Å². The second kappa shape index (κ2) is 6.95. The number of H-pyrrole nitrogens is 1. The van der Waals surface area contributed by atoms with Gasteiger partial charge in [0.1, 0.15) is 5.15 Å². The van der Waals surface area contributed by atoms with E-state index in [2.05, 4.69) is 19.9 Å². The van der Waals surface area contributed by atoms with Crippen molar-refractivity contribution in [3.8, 4) is 11.5 Å². The maximum atomic E-state index is 12.4. The molecule has 0 fully saturated rings. The Morgan fingerprint density at radius 3 is 2.89 bits per heavy atom. The quantitative estimate of drug-likeness (QED) is 0.399. The second-order valence-electron chi connectivity index (χ2n) is 6.80. The van der Waals surface area contributed by atoms with Gasteiger partial charge in [0.05, 0.1) is 16.8 Å². The highest BCUT2D eigenvalue weighted by molar-refractivity contribution is 7.98. The van der Waals surface area contributed by atoms with Gasteiger partial charge in [-0.2, -0.15) is 0 Å². The van der Waals surface area contributed by atoms with E-state index in [1.807, 2.05) is 24.5 Å². The first-order valence-electron chi connectivity index (χ1n) is 8.88. The standard InChI is InChI=1S/C19H17ClN4O3S/c1-28-19-22-13-2-3-24(8-12(13)18(25)23-19)7-11-4-10-5-15-16(27-9-26-15)6-14(10)21-17(11)20/h4-6H,2-3,7-9H2,1H3,(H,22,23,25). The number of ether oxygens (including phenoxy) is 2. The summed E-state index contributed by atoms with van der Waals surface area (Å²) in [5.74, 6) is 1.41. The van der Waals surface area contributed by atoms with Crippen LogP contribution >= 0.6 is 23.4 Å². The van der Waals surface area contributed by atoms with Crippen LogP contribution in [0.25, 0.3) is 10.9 Å². The molecule has 3 aromatic rings. The van der Waals surface area contributed by atoms with Gasteiger partial charge in [0.2, 0.25) is 6.79 Å². The summed E-state index contributed by atoms with van der Waals surface area (Å²) < 4.78 is 10.9. The number of halogens is 1. The Balaban J connectivity index is 1.43. The zero-order chi connectivity index (χ0) is 19.3. The largest absolute Gasteiger partial charge is 0.454 e. The summed E-state index contributed by atoms with van der Waals surface area (Å²) in [5, 5.41) is 2.07. The predicted molar refractivity (Wildman–Crippen MR) is 107 cm³/mol. The van der Waals surface area contributed by atoms with Crippen molar-refractivity contribution in [3.05, 3.63) is 50.5 Å². The number of hydrogen-bond donors (Lipinski definition) is 1. The lowest BCUT2D eigenvalue weighted by Crippen LogP contribution is -2.35. The fraction of sp³-hybridized carbons (Fsp3) is 0.316. The number of rotatable bonds is 3. The minimum Gasteiger partial charge on any atom is -0.454 e. The van der Waals surface area contributed by atoms with Crippen LogP contribution in [0.4, 0.5) is 0 Å². The monoisotopic (exact) mass is 416 g/mol. The van der Waals surface area contributed by atoms with Crippen molar-refractivity contribution in [2.75, 3.05) is 19.6 Å². The molecule has 2 aliphatic heterocycles. The Kier molecular flexibility index (Phi) is 4.41. The van der Waals surface area contributed by atoms with E-state index < -0.39 is 0 Å². The predicted octanol–water partition coefficient (Wildman–Crippen LogP) is 2.98. The summed E-state index contributed by atoms with van der Waals surface area (Å²) >= 11 is 7.90. The number of benzene rings is 1. The maximum absolute atomic E-state index is 12.4. The average Bonchev–Trinajstić information content (AvgIpc) is 3.14. The molecule has 4 heterocycles. The van der Waals surface area contributed by atoms with E-state index in [9.17, 15) is 4.79 Å². The zero-order valence-electron chi connectivity index (χ0n) is 15.1. The van der Waals surface area contributed by atoms with Crippen LogP contribution in [-0.2, 0) is 19.5 Å². The molecule has 0 amide bonds. The van der Waals surface area contributed by atoms with Gasteiger partial charge in [-0.3, -0.25) is 9.69 Å². The van der Waals surface area contributed by atoms with Gasteiger partial charge in [0.15, 0.2) is 16.7 Å². The molecular formula is C19H17ClN4O3S. The molecule has 7 nitrogen and oxygen atoms in total. The molecule has 144 valence electrons. The van der Waals surface area contributed by atoms with Crippen LogP contribution in [-0.4, -0.2) is 39.4 Å². The molecule has 0 saturated heterocycles. The average molecular weight is 417 g/mol. The molecule has 2 aliphatic rings. The number of fused-ring (bicyclic) bond motifs is 3. The molecule has 0 radical (unpaired) electrons. The molecule has 9 heteroatoms. The minimum absolute atomic E-state index is 0.0607. The molecule has 28 heavy (non-hydrogen) atoms. The van der Waals surface area contributed by atoms with Crippen LogP contribution in [0, 0.1) is 0 Å². The third-order valence-electron chi connectivity index (χ3n) is 5.05. The Morgan fingerprint density at radius 1 is 1.25 bits per heavy atom. The number of nitrogens with one attached hydrogen (secondary N) is 1. The Labute approximate surface area is 170 Å². The SMILES string of the molecule is CSc1nc2c(c(=O)[nH]1)CN(Cc1cc3cc4c(cc3nc1Cl)OCO4)CC2. The zero-order valence-corrected chi connectivity index (χ0v) is 16.7. The van der Waals surface area contributed by atoms with Crippen LogP contribution < -0.4 is 15.0 Å². The number of hydrogen-bond acceptors (Lipinski definition) is 7. The summed E-state index contributed by atoms with van der Waals surface area (Å²) in [5.41, 5.74) is 3.25. The van der Waals surface area contributed by atoms with Gasteiger partial charge < -0.3 is 14.5 Å². The van der Waals surface area contributed by atoms with Crippen molar-refractivity contribution >= 4 is 34.3 Å². The van der Waals surface area contributed by atoms with E-state index in [0.717, 1.165) is 46.4 Å². The molecule has 0 aliphatic carbocycles. The molecule has 1 aromatic carbocycles. The van der Waals surface area contributed by atoms with Crippen LogP contribution in [0.15, 0.2) is 28.2 Å². The lowest BCUT2D eigenvalue weighted by Gasteiger charge is -2.27. The summed E-state index contributed by atoms with van der Waals surface area (Å²) in [6, 6.07) is 5.80. The van der Waals surface area contributed by atoms with E-state index >= 15 is 0 Å². The first-order valence-corrected chi connectivity index (χ1v) is 10.5. The van der Waals surface area contributed by atoms with E-state index in [4.69, 9.17) is 21.1 Å². The molecule has 2 aromatic heterocycles. The molecule has 1 N–H and O–H groups in total. The summed E-state index contributed by atoms with van der Waals surface area (Å²) in [4.78, 5) is 26.5. The molecule has 5 rings (SSSR count). The Morgan fingerprint density at radius 2 is 2.07 bits per heavy atom. The minimum atomic E-state index is -0.0607. The molecule has 0 saturated carbocycles. The van der Waals surface area contributed by atoms with Crippen molar-refractivity contribution in [1.29, 1.82) is 0 Å². The normalized spacial score (nSPS) is 15.8. The highest BCUT2D eigenvalue weighted by atomic mass is 35.5.